The van der Waals surface area contributed by atoms with Gasteiger partial charge in [0, 0.05) is 12.8 Å². The quantitative estimate of drug-likeness (QED) is 0.518. The highest BCUT2D eigenvalue weighted by Crippen LogP contribution is 2.33. The predicted octanol–water partition coefficient (Wildman–Crippen LogP) is 6.19. The molecule has 1 atom stereocenters. The van der Waals surface area contributed by atoms with Crippen LogP contribution in [-0.4, -0.2) is 18.4 Å². The zero-order valence-electron chi connectivity index (χ0n) is 17.3. The summed E-state index contributed by atoms with van der Waals surface area (Å²) >= 11 is 0. The van der Waals surface area contributed by atoms with Crippen molar-refractivity contribution in [1.29, 1.82) is 0 Å². The Morgan fingerprint density at radius 2 is 1.58 bits per heavy atom. The van der Waals surface area contributed by atoms with E-state index in [1.54, 1.807) is 6.92 Å². The van der Waals surface area contributed by atoms with Gasteiger partial charge in [-0.3, -0.25) is 9.59 Å². The Kier molecular flexibility index (Phi) is 18.0. The highest BCUT2D eigenvalue weighted by molar-refractivity contribution is 5.78. The molecule has 1 rings (SSSR count). The van der Waals surface area contributed by atoms with Gasteiger partial charge in [-0.1, -0.05) is 66.7 Å². The zero-order chi connectivity index (χ0) is 19.0. The Bertz CT molecular complexity index is 304. The van der Waals surface area contributed by atoms with Crippen molar-refractivity contribution in [2.24, 2.45) is 17.8 Å². The van der Waals surface area contributed by atoms with Gasteiger partial charge in [0.05, 0.1) is 6.61 Å². The molecule has 1 aliphatic carbocycles. The second kappa shape index (κ2) is 17.0. The molecule has 144 valence electrons. The highest BCUT2D eigenvalue weighted by atomic mass is 16.5. The summed E-state index contributed by atoms with van der Waals surface area (Å²) in [5, 5.41) is 0. The maximum Gasteiger partial charge on any atom is 0.302 e. The summed E-state index contributed by atoms with van der Waals surface area (Å²) in [6.07, 6.45) is 10.3. The average molecular weight is 343 g/mol. The van der Waals surface area contributed by atoms with Crippen LogP contribution in [0.5, 0.6) is 0 Å². The number of unbranched alkanes of at least 4 members (excludes halogenated alkanes) is 1. The minimum atomic E-state index is -0.196. The third-order valence-corrected chi connectivity index (χ3v) is 4.23. The van der Waals surface area contributed by atoms with Crippen molar-refractivity contribution in [2.45, 2.75) is 99.8 Å². The summed E-state index contributed by atoms with van der Waals surface area (Å²) in [5.41, 5.74) is 0. The van der Waals surface area contributed by atoms with Crippen LogP contribution in [0.3, 0.4) is 0 Å². The van der Waals surface area contributed by atoms with Gasteiger partial charge in [0.2, 0.25) is 0 Å². The van der Waals surface area contributed by atoms with E-state index in [2.05, 4.69) is 11.7 Å². The van der Waals surface area contributed by atoms with E-state index in [9.17, 15) is 9.59 Å². The number of ketones is 1. The van der Waals surface area contributed by atoms with E-state index in [1.165, 1.54) is 51.9 Å². The number of carbonyl (C=O) groups excluding carboxylic acids is 2. The topological polar surface area (TPSA) is 43.4 Å². The largest absolute Gasteiger partial charge is 0.466 e. The maximum absolute atomic E-state index is 11.5. The first-order chi connectivity index (χ1) is 11.4. The first kappa shape index (κ1) is 25.4. The molecule has 3 nitrogen and oxygen atoms in total. The molecule has 0 N–H and O–H groups in total. The molecule has 24 heavy (non-hydrogen) atoms. The van der Waals surface area contributed by atoms with E-state index < -0.39 is 0 Å². The lowest BCUT2D eigenvalue weighted by Gasteiger charge is -2.28. The summed E-state index contributed by atoms with van der Waals surface area (Å²) < 4.78 is 4.66. The fourth-order valence-corrected chi connectivity index (χ4v) is 3.02. The molecule has 1 fully saturated rings. The molecule has 0 aromatic carbocycles. The van der Waals surface area contributed by atoms with Crippen LogP contribution in [0.1, 0.15) is 99.8 Å². The molecule has 0 radical (unpaired) electrons. The fourth-order valence-electron chi connectivity index (χ4n) is 3.02. The van der Waals surface area contributed by atoms with Gasteiger partial charge in [0.1, 0.15) is 5.78 Å². The Hall–Kier alpha value is -0.860. The van der Waals surface area contributed by atoms with Crippen LogP contribution in [0, 0.1) is 17.8 Å². The molecule has 0 aliphatic heterocycles. The summed E-state index contributed by atoms with van der Waals surface area (Å²) in [6.45, 7) is 14.0. The Balaban J connectivity index is 0. The molecule has 1 saturated carbocycles. The Morgan fingerprint density at radius 3 is 1.92 bits per heavy atom. The van der Waals surface area contributed by atoms with Gasteiger partial charge in [-0.25, -0.2) is 0 Å². The lowest BCUT2D eigenvalue weighted by atomic mass is 9.76. The van der Waals surface area contributed by atoms with E-state index in [4.69, 9.17) is 0 Å². The number of esters is 1. The first-order valence-electron chi connectivity index (χ1n) is 10.0. The van der Waals surface area contributed by atoms with Crippen LogP contribution < -0.4 is 0 Å². The van der Waals surface area contributed by atoms with Crippen molar-refractivity contribution in [3.05, 3.63) is 0 Å². The molecule has 0 aromatic rings. The minimum absolute atomic E-state index is 0.196. The van der Waals surface area contributed by atoms with Gasteiger partial charge < -0.3 is 4.74 Å². The van der Waals surface area contributed by atoms with Crippen LogP contribution in [0.4, 0.5) is 0 Å². The van der Waals surface area contributed by atoms with E-state index in [0.29, 0.717) is 30.1 Å². The van der Waals surface area contributed by atoms with Crippen molar-refractivity contribution in [3.63, 3.8) is 0 Å². The second-order valence-electron chi connectivity index (χ2n) is 6.95. The zero-order valence-corrected chi connectivity index (χ0v) is 17.3. The van der Waals surface area contributed by atoms with Gasteiger partial charge in [-0.05, 0) is 38.0 Å². The molecule has 0 spiro atoms. The summed E-state index contributed by atoms with van der Waals surface area (Å²) in [7, 11) is 0. The molecule has 0 amide bonds. The average Bonchev–Trinajstić information content (AvgIpc) is 2.56. The third kappa shape index (κ3) is 14.7. The van der Waals surface area contributed by atoms with Crippen molar-refractivity contribution in [3.8, 4) is 0 Å². The van der Waals surface area contributed by atoms with E-state index in [0.717, 1.165) is 6.42 Å². The predicted molar refractivity (Wildman–Crippen MR) is 103 cm³/mol. The summed E-state index contributed by atoms with van der Waals surface area (Å²) in [6, 6.07) is 0. The molecule has 3 heteroatoms. The Labute approximate surface area is 150 Å². The maximum atomic E-state index is 11.5. The number of Topliss-reactive ketones (excluding diaryl/α,β-unsaturated/α-hetero) is 1. The minimum Gasteiger partial charge on any atom is -0.466 e. The van der Waals surface area contributed by atoms with Gasteiger partial charge in [-0.2, -0.15) is 0 Å². The molecule has 1 aliphatic rings. The number of hydrogen-bond donors (Lipinski definition) is 0. The Morgan fingerprint density at radius 1 is 1.04 bits per heavy atom. The van der Waals surface area contributed by atoms with Crippen molar-refractivity contribution >= 4 is 11.8 Å². The van der Waals surface area contributed by atoms with Crippen molar-refractivity contribution < 1.29 is 14.3 Å². The fraction of sp³-hybridized carbons (Fsp3) is 0.905. The third-order valence-electron chi connectivity index (χ3n) is 4.23. The smallest absolute Gasteiger partial charge is 0.302 e. The van der Waals surface area contributed by atoms with Crippen LogP contribution >= 0.6 is 0 Å². The molecule has 0 saturated heterocycles. The van der Waals surface area contributed by atoms with Crippen molar-refractivity contribution in [2.75, 3.05) is 6.61 Å². The highest BCUT2D eigenvalue weighted by Gasteiger charge is 2.26. The number of rotatable bonds is 7. The van der Waals surface area contributed by atoms with E-state index in [1.807, 2.05) is 27.7 Å². The number of ether oxygens (including phenoxy) is 1. The summed E-state index contributed by atoms with van der Waals surface area (Å²) in [4.78, 5) is 21.7. The lowest BCUT2D eigenvalue weighted by molar-refractivity contribution is -0.142. The standard InChI is InChI=1S/C13H24O.C6H12O2.C2H6/c1-3-4-10-13(11(2)14)12-8-6-5-7-9-12;1-5(2)4-8-6(3)7;1-2/h12-13H,3-10H2,1-2H3;5H,4H2,1-3H3;1-2H3. The van der Waals surface area contributed by atoms with E-state index >= 15 is 0 Å². The van der Waals surface area contributed by atoms with Crippen LogP contribution in [0.15, 0.2) is 0 Å². The van der Waals surface area contributed by atoms with Gasteiger partial charge in [0.25, 0.3) is 0 Å². The molecule has 1 unspecified atom stereocenters. The number of hydrogen-bond acceptors (Lipinski definition) is 3. The van der Waals surface area contributed by atoms with Gasteiger partial charge in [-0.15, -0.1) is 0 Å². The SMILES string of the molecule is CC.CC(=O)OCC(C)C.CCCCC(C(C)=O)C1CCCCC1. The normalized spacial score (nSPS) is 15.5. The monoisotopic (exact) mass is 342 g/mol. The van der Waals surface area contributed by atoms with Crippen LogP contribution in [0.2, 0.25) is 0 Å². The summed E-state index contributed by atoms with van der Waals surface area (Å²) in [5.74, 6) is 1.78. The molecular weight excluding hydrogens is 300 g/mol. The number of carbonyl (C=O) groups is 2. The molecule has 0 bridgehead atoms. The van der Waals surface area contributed by atoms with Gasteiger partial charge in [0.15, 0.2) is 0 Å². The molecule has 0 aromatic heterocycles. The van der Waals surface area contributed by atoms with Gasteiger partial charge >= 0.3 is 5.97 Å². The van der Waals surface area contributed by atoms with Crippen LogP contribution in [0.25, 0.3) is 0 Å². The van der Waals surface area contributed by atoms with E-state index in [-0.39, 0.29) is 5.97 Å². The molecular formula is C21H42O3. The molecule has 0 heterocycles. The second-order valence-corrected chi connectivity index (χ2v) is 6.95. The van der Waals surface area contributed by atoms with Crippen molar-refractivity contribution in [1.82, 2.24) is 0 Å². The first-order valence-corrected chi connectivity index (χ1v) is 10.0. The lowest BCUT2D eigenvalue weighted by Crippen LogP contribution is -2.24. The van der Waals surface area contributed by atoms with Crippen LogP contribution in [-0.2, 0) is 14.3 Å².